The maximum atomic E-state index is 9.58. The number of rotatable bonds is 2. The molecule has 0 spiro atoms. The van der Waals surface area contributed by atoms with Crippen molar-refractivity contribution in [2.75, 3.05) is 0 Å². The Morgan fingerprint density at radius 3 is 1.36 bits per heavy atom. The van der Waals surface area contributed by atoms with E-state index in [1.165, 1.54) is 0 Å². The third kappa shape index (κ3) is 17.6. The summed E-state index contributed by atoms with van der Waals surface area (Å²) < 4.78 is 42.2. The van der Waals surface area contributed by atoms with Crippen molar-refractivity contribution in [1.29, 1.82) is 0 Å². The minimum absolute atomic E-state index is 0.357. The summed E-state index contributed by atoms with van der Waals surface area (Å²) in [5.74, 6) is 0. The van der Waals surface area contributed by atoms with Gasteiger partial charge in [-0.15, -0.1) is 13.2 Å². The van der Waals surface area contributed by atoms with Gasteiger partial charge in [-0.1, -0.05) is 0 Å². The topological polar surface area (TPSA) is 77.5 Å². The van der Waals surface area contributed by atoms with Crippen molar-refractivity contribution in [3.8, 4) is 0 Å². The Morgan fingerprint density at radius 2 is 1.18 bits per heavy atom. The molecule has 0 fully saturated rings. The SMILES string of the molecule is C=C.O=S(=O)=COC=S(=O)=O. The summed E-state index contributed by atoms with van der Waals surface area (Å²) in [6.07, 6.45) is 0. The molecule has 0 atom stereocenters. The highest BCUT2D eigenvalue weighted by Crippen LogP contribution is 1.51. The second-order valence-electron chi connectivity index (χ2n) is 0.850. The molecule has 0 aromatic rings. The number of hydrogen-bond donors (Lipinski definition) is 0. The van der Waals surface area contributed by atoms with Crippen molar-refractivity contribution in [3.05, 3.63) is 13.2 Å². The molecule has 0 saturated carbocycles. The zero-order chi connectivity index (χ0) is 9.28. The highest BCUT2D eigenvalue weighted by molar-refractivity contribution is 7.72. The molecule has 5 nitrogen and oxygen atoms in total. The van der Waals surface area contributed by atoms with E-state index in [4.69, 9.17) is 0 Å². The van der Waals surface area contributed by atoms with Crippen LogP contribution >= 0.6 is 0 Å². The highest BCUT2D eigenvalue weighted by Gasteiger charge is 1.71. The molecule has 0 bridgehead atoms. The summed E-state index contributed by atoms with van der Waals surface area (Å²) in [7, 11) is -4.97. The van der Waals surface area contributed by atoms with E-state index in [1.54, 1.807) is 0 Å². The number of hydrogen-bond acceptors (Lipinski definition) is 5. The van der Waals surface area contributed by atoms with E-state index in [1.807, 2.05) is 0 Å². The van der Waals surface area contributed by atoms with Gasteiger partial charge in [-0.2, -0.15) is 16.8 Å². The minimum Gasteiger partial charge on any atom is -0.293 e. The van der Waals surface area contributed by atoms with Crippen LogP contribution in [-0.4, -0.2) is 27.9 Å². The van der Waals surface area contributed by atoms with Crippen LogP contribution in [0.2, 0.25) is 0 Å². The van der Waals surface area contributed by atoms with Crippen molar-refractivity contribution >= 4 is 31.7 Å². The second-order valence-corrected chi connectivity index (χ2v) is 2.28. The fourth-order valence-electron chi connectivity index (χ4n) is 0.113. The Balaban J connectivity index is 0. The summed E-state index contributed by atoms with van der Waals surface area (Å²) in [4.78, 5) is 0. The standard InChI is InChI=1S/C2H2O5S2.C2H4/c3-8(4)1-7-2-9(5)6;1-2/h1-2H;1-2H2. The van der Waals surface area contributed by atoms with Crippen molar-refractivity contribution in [2.45, 2.75) is 0 Å². The van der Waals surface area contributed by atoms with Gasteiger partial charge in [0.25, 0.3) is 0 Å². The zero-order valence-electron chi connectivity index (χ0n) is 5.43. The molecule has 0 aliphatic rings. The first-order chi connectivity index (χ1) is 5.13. The summed E-state index contributed by atoms with van der Waals surface area (Å²) in [6.45, 7) is 6.00. The summed E-state index contributed by atoms with van der Waals surface area (Å²) >= 11 is 0. The van der Waals surface area contributed by atoms with E-state index in [9.17, 15) is 16.8 Å². The van der Waals surface area contributed by atoms with Crippen LogP contribution in [0, 0.1) is 0 Å². The van der Waals surface area contributed by atoms with Crippen molar-refractivity contribution in [2.24, 2.45) is 0 Å². The molecule has 7 heteroatoms. The molecule has 0 radical (unpaired) electrons. The first-order valence-electron chi connectivity index (χ1n) is 2.11. The first kappa shape index (κ1) is 12.7. The van der Waals surface area contributed by atoms with Gasteiger partial charge in [0.05, 0.1) is 0 Å². The zero-order valence-corrected chi connectivity index (χ0v) is 7.06. The van der Waals surface area contributed by atoms with Gasteiger partial charge in [0.1, 0.15) is 0 Å². The Morgan fingerprint density at radius 1 is 0.909 bits per heavy atom. The van der Waals surface area contributed by atoms with Crippen LogP contribution in [0.15, 0.2) is 13.2 Å². The van der Waals surface area contributed by atoms with Crippen LogP contribution < -0.4 is 0 Å². The molecule has 0 aliphatic heterocycles. The molecule has 64 valence electrons. The Bertz CT molecular complexity index is 283. The van der Waals surface area contributed by atoms with Crippen LogP contribution in [-0.2, 0) is 25.3 Å². The maximum Gasteiger partial charge on any atom is 0.237 e. The van der Waals surface area contributed by atoms with Crippen LogP contribution in [0.25, 0.3) is 0 Å². The lowest BCUT2D eigenvalue weighted by Crippen LogP contribution is -1.84. The van der Waals surface area contributed by atoms with Gasteiger partial charge >= 0.3 is 0 Å². The molecule has 0 amide bonds. The molecule has 0 aromatic carbocycles. The van der Waals surface area contributed by atoms with Crippen LogP contribution in [0.4, 0.5) is 0 Å². The summed E-state index contributed by atoms with van der Waals surface area (Å²) in [5.41, 5.74) is 0.714. The Hall–Kier alpha value is -0.920. The molecule has 0 rings (SSSR count). The molecule has 11 heavy (non-hydrogen) atoms. The van der Waals surface area contributed by atoms with Gasteiger partial charge in [0.15, 0.2) is 11.1 Å². The van der Waals surface area contributed by atoms with Crippen LogP contribution in [0.1, 0.15) is 0 Å². The molecule has 0 heterocycles. The fourth-order valence-corrected chi connectivity index (χ4v) is 0.476. The summed E-state index contributed by atoms with van der Waals surface area (Å²) in [6, 6.07) is 0. The molecular formula is C4H6O5S2. The largest absolute Gasteiger partial charge is 0.293 e. The van der Waals surface area contributed by atoms with Crippen LogP contribution in [0.5, 0.6) is 0 Å². The third-order valence-corrected chi connectivity index (χ3v) is 0.805. The third-order valence-electron chi connectivity index (χ3n) is 0.268. The lowest BCUT2D eigenvalue weighted by Gasteiger charge is -1.68. The maximum absolute atomic E-state index is 9.58. The smallest absolute Gasteiger partial charge is 0.237 e. The molecule has 0 aromatic heterocycles. The quantitative estimate of drug-likeness (QED) is 0.423. The number of ether oxygens (including phenoxy) is 1. The lowest BCUT2D eigenvalue weighted by atomic mass is 11.3. The van der Waals surface area contributed by atoms with E-state index in [-0.39, 0.29) is 0 Å². The van der Waals surface area contributed by atoms with Gasteiger partial charge < -0.3 is 0 Å². The van der Waals surface area contributed by atoms with E-state index < -0.39 is 20.6 Å². The van der Waals surface area contributed by atoms with Crippen molar-refractivity contribution < 1.29 is 21.6 Å². The van der Waals surface area contributed by atoms with E-state index >= 15 is 0 Å². The Kier molecular flexibility index (Phi) is 10.5. The van der Waals surface area contributed by atoms with Gasteiger partial charge in [0.2, 0.25) is 20.6 Å². The average Bonchev–Trinajstić information content (AvgIpc) is 1.90. The summed E-state index contributed by atoms with van der Waals surface area (Å²) in [5, 5.41) is 0. The second kappa shape index (κ2) is 9.08. The van der Waals surface area contributed by atoms with E-state index in [2.05, 4.69) is 17.9 Å². The first-order valence-corrected chi connectivity index (χ1v) is 4.39. The predicted molar refractivity (Wildman–Crippen MR) is 42.3 cm³/mol. The van der Waals surface area contributed by atoms with Gasteiger partial charge in [-0.05, 0) is 0 Å². The average molecular weight is 198 g/mol. The molecular weight excluding hydrogens is 192 g/mol. The van der Waals surface area contributed by atoms with Crippen molar-refractivity contribution in [3.63, 3.8) is 0 Å². The van der Waals surface area contributed by atoms with E-state index in [0.717, 1.165) is 0 Å². The van der Waals surface area contributed by atoms with Crippen molar-refractivity contribution in [1.82, 2.24) is 0 Å². The lowest BCUT2D eigenvalue weighted by molar-refractivity contribution is 0.592. The van der Waals surface area contributed by atoms with Gasteiger partial charge in [0, 0.05) is 0 Å². The molecule has 0 unspecified atom stereocenters. The predicted octanol–water partition coefficient (Wildman–Crippen LogP) is -0.917. The fraction of sp³-hybridized carbons (Fsp3) is 0. The van der Waals surface area contributed by atoms with E-state index in [0.29, 0.717) is 11.1 Å². The van der Waals surface area contributed by atoms with Crippen LogP contribution in [0.3, 0.4) is 0 Å². The normalized spacial score (nSPS) is 6.91. The Labute approximate surface area is 67.0 Å². The molecule has 0 saturated heterocycles. The monoisotopic (exact) mass is 198 g/mol. The van der Waals surface area contributed by atoms with Gasteiger partial charge in [-0.25, -0.2) is 0 Å². The molecule has 0 N–H and O–H groups in total. The van der Waals surface area contributed by atoms with Gasteiger partial charge in [-0.3, -0.25) is 4.74 Å². The molecule has 0 aliphatic carbocycles. The minimum atomic E-state index is -2.48. The highest BCUT2D eigenvalue weighted by atomic mass is 32.2.